The second-order valence-corrected chi connectivity index (χ2v) is 7.42. The van der Waals surface area contributed by atoms with E-state index in [9.17, 15) is 18.7 Å². The van der Waals surface area contributed by atoms with E-state index >= 15 is 0 Å². The van der Waals surface area contributed by atoms with Crippen molar-refractivity contribution in [3.8, 4) is 0 Å². The van der Waals surface area contributed by atoms with Crippen molar-refractivity contribution in [2.24, 2.45) is 5.41 Å². The largest absolute Gasteiger partial charge is 0.396 e. The molecule has 4 nitrogen and oxygen atoms in total. The normalized spacial score (nSPS) is 27.5. The van der Waals surface area contributed by atoms with Gasteiger partial charge in [-0.05, 0) is 43.4 Å². The van der Waals surface area contributed by atoms with Crippen LogP contribution in [0.4, 0.5) is 8.78 Å². The molecule has 26 heavy (non-hydrogen) atoms. The van der Waals surface area contributed by atoms with Gasteiger partial charge in [-0.25, -0.2) is 0 Å². The molecule has 2 fully saturated rings. The van der Waals surface area contributed by atoms with Crippen molar-refractivity contribution in [1.29, 1.82) is 0 Å². The van der Waals surface area contributed by atoms with Crippen molar-refractivity contribution in [3.05, 3.63) is 59.9 Å². The number of benzene rings is 1. The van der Waals surface area contributed by atoms with Gasteiger partial charge >= 0.3 is 6.55 Å². The molecule has 2 saturated heterocycles. The van der Waals surface area contributed by atoms with E-state index in [0.29, 0.717) is 12.8 Å². The number of amides is 1. The average Bonchev–Trinajstić information content (AvgIpc) is 3.35. The summed E-state index contributed by atoms with van der Waals surface area (Å²) < 4.78 is 27.1. The van der Waals surface area contributed by atoms with Crippen LogP contribution in [0.1, 0.15) is 41.9 Å². The number of alkyl halides is 2. The molecule has 0 spiro atoms. The fourth-order valence-corrected chi connectivity index (χ4v) is 4.89. The first-order valence-electron chi connectivity index (χ1n) is 8.98. The van der Waals surface area contributed by atoms with Crippen LogP contribution < -0.4 is 0 Å². The molecule has 138 valence electrons. The number of hydrogen-bond donors (Lipinski definition) is 1. The molecule has 1 amide bonds. The highest BCUT2D eigenvalue weighted by molar-refractivity contribution is 5.93. The molecule has 3 heterocycles. The van der Waals surface area contributed by atoms with Crippen molar-refractivity contribution in [1.82, 2.24) is 9.47 Å². The van der Waals surface area contributed by atoms with Crippen LogP contribution in [0.5, 0.6) is 0 Å². The molecule has 3 atom stereocenters. The average molecular weight is 360 g/mol. The zero-order valence-corrected chi connectivity index (χ0v) is 14.4. The lowest BCUT2D eigenvalue weighted by Gasteiger charge is -2.36. The SMILES string of the molecule is O=C(c1cccn1C(F)F)N1[C@H]2CC[C@@H]1[C@@](CO)(Cc1ccccc1)C2. The van der Waals surface area contributed by atoms with E-state index in [2.05, 4.69) is 0 Å². The molecule has 0 saturated carbocycles. The fourth-order valence-electron chi connectivity index (χ4n) is 4.89. The van der Waals surface area contributed by atoms with Gasteiger partial charge in [0.05, 0.1) is 6.61 Å². The van der Waals surface area contributed by atoms with Crippen molar-refractivity contribution in [2.75, 3.05) is 6.61 Å². The van der Waals surface area contributed by atoms with Gasteiger partial charge in [0.2, 0.25) is 0 Å². The van der Waals surface area contributed by atoms with Crippen LogP contribution >= 0.6 is 0 Å². The molecule has 2 aliphatic heterocycles. The molecule has 6 heteroatoms. The Morgan fingerprint density at radius 2 is 1.96 bits per heavy atom. The summed E-state index contributed by atoms with van der Waals surface area (Å²) in [5.41, 5.74) is 0.741. The third-order valence-electron chi connectivity index (χ3n) is 6.01. The first-order valence-corrected chi connectivity index (χ1v) is 8.98. The van der Waals surface area contributed by atoms with Gasteiger partial charge in [0, 0.05) is 23.7 Å². The smallest absolute Gasteiger partial charge is 0.319 e. The number of hydrogen-bond acceptors (Lipinski definition) is 2. The Hall–Kier alpha value is -2.21. The Morgan fingerprint density at radius 1 is 1.19 bits per heavy atom. The summed E-state index contributed by atoms with van der Waals surface area (Å²) in [4.78, 5) is 14.8. The van der Waals surface area contributed by atoms with E-state index in [4.69, 9.17) is 0 Å². The standard InChI is InChI=1S/C20H22F2N2O2/c21-19(22)23-10-4-7-16(23)18(26)24-15-8-9-17(24)20(12-15,13-25)11-14-5-2-1-3-6-14/h1-7,10,15,17,19,25H,8-9,11-13H2/t15-,17+,20-/m0/s1. The van der Waals surface area contributed by atoms with Crippen LogP contribution in [0.15, 0.2) is 48.7 Å². The number of aliphatic hydroxyl groups excluding tert-OH is 1. The lowest BCUT2D eigenvalue weighted by molar-refractivity contribution is 0.0475. The highest BCUT2D eigenvalue weighted by Gasteiger charge is 2.57. The van der Waals surface area contributed by atoms with Crippen molar-refractivity contribution in [3.63, 3.8) is 0 Å². The lowest BCUT2D eigenvalue weighted by atomic mass is 9.70. The highest BCUT2D eigenvalue weighted by atomic mass is 19.3. The predicted octanol–water partition coefficient (Wildman–Crippen LogP) is 3.48. The van der Waals surface area contributed by atoms with Gasteiger partial charge in [0.15, 0.2) is 0 Å². The number of nitrogens with zero attached hydrogens (tertiary/aromatic N) is 2. The van der Waals surface area contributed by atoms with Crippen molar-refractivity contribution in [2.45, 2.75) is 44.3 Å². The highest BCUT2D eigenvalue weighted by Crippen LogP contribution is 2.51. The van der Waals surface area contributed by atoms with Crippen LogP contribution in [-0.4, -0.2) is 39.2 Å². The summed E-state index contributed by atoms with van der Waals surface area (Å²) in [6.45, 7) is -2.75. The van der Waals surface area contributed by atoms with Gasteiger partial charge in [-0.3, -0.25) is 9.36 Å². The van der Waals surface area contributed by atoms with Gasteiger partial charge in [0.25, 0.3) is 5.91 Å². The van der Waals surface area contributed by atoms with Crippen LogP contribution in [0, 0.1) is 5.41 Å². The molecule has 1 aromatic carbocycles. The second-order valence-electron chi connectivity index (χ2n) is 7.42. The molecule has 2 bridgehead atoms. The van der Waals surface area contributed by atoms with Crippen LogP contribution in [0.3, 0.4) is 0 Å². The number of fused-ring (bicyclic) bond motifs is 2. The molecule has 2 aliphatic rings. The number of halogens is 2. The minimum Gasteiger partial charge on any atom is -0.396 e. The van der Waals surface area contributed by atoms with Crippen LogP contribution in [-0.2, 0) is 6.42 Å². The molecule has 2 aromatic rings. The topological polar surface area (TPSA) is 45.5 Å². The maximum atomic E-state index is 13.2. The van der Waals surface area contributed by atoms with Gasteiger partial charge in [-0.15, -0.1) is 0 Å². The predicted molar refractivity (Wildman–Crippen MR) is 92.9 cm³/mol. The minimum atomic E-state index is -2.74. The summed E-state index contributed by atoms with van der Waals surface area (Å²) in [6.07, 6.45) is 4.30. The summed E-state index contributed by atoms with van der Waals surface area (Å²) in [6, 6.07) is 12.7. The number of aromatic nitrogens is 1. The molecule has 4 rings (SSSR count). The summed E-state index contributed by atoms with van der Waals surface area (Å²) in [7, 11) is 0. The van der Waals surface area contributed by atoms with Gasteiger partial charge < -0.3 is 10.0 Å². The van der Waals surface area contributed by atoms with Crippen LogP contribution in [0.2, 0.25) is 0 Å². The van der Waals surface area contributed by atoms with E-state index in [1.165, 1.54) is 18.3 Å². The van der Waals surface area contributed by atoms with Gasteiger partial charge in [-0.1, -0.05) is 30.3 Å². The first-order chi connectivity index (χ1) is 12.6. The van der Waals surface area contributed by atoms with Crippen molar-refractivity contribution >= 4 is 5.91 Å². The molecular weight excluding hydrogens is 338 g/mol. The Morgan fingerprint density at radius 3 is 2.65 bits per heavy atom. The zero-order chi connectivity index (χ0) is 18.3. The molecule has 0 aliphatic carbocycles. The summed E-state index contributed by atoms with van der Waals surface area (Å²) in [5, 5.41) is 10.2. The molecule has 0 radical (unpaired) electrons. The zero-order valence-electron chi connectivity index (χ0n) is 14.4. The Kier molecular flexibility index (Phi) is 4.31. The Bertz CT molecular complexity index is 792. The second kappa shape index (κ2) is 6.50. The molecule has 0 unspecified atom stereocenters. The third kappa shape index (κ3) is 2.63. The first kappa shape index (κ1) is 17.2. The number of rotatable bonds is 5. The quantitative estimate of drug-likeness (QED) is 0.887. The maximum Gasteiger partial charge on any atom is 0.319 e. The van der Waals surface area contributed by atoms with E-state index < -0.39 is 12.0 Å². The fraction of sp³-hybridized carbons (Fsp3) is 0.450. The molecule has 1 aromatic heterocycles. The number of aliphatic hydroxyl groups is 1. The third-order valence-corrected chi connectivity index (χ3v) is 6.01. The minimum absolute atomic E-state index is 0.00406. The number of carbonyl (C=O) groups excluding carboxylic acids is 1. The van der Waals surface area contributed by atoms with Crippen molar-refractivity contribution < 1.29 is 18.7 Å². The Balaban J connectivity index is 1.63. The Labute approximate surface area is 151 Å². The summed E-state index contributed by atoms with van der Waals surface area (Å²) >= 11 is 0. The monoisotopic (exact) mass is 360 g/mol. The van der Waals surface area contributed by atoms with E-state index in [1.807, 2.05) is 30.3 Å². The van der Waals surface area contributed by atoms with E-state index in [1.54, 1.807) is 4.90 Å². The summed E-state index contributed by atoms with van der Waals surface area (Å²) in [5.74, 6) is -0.355. The molecular formula is C20H22F2N2O2. The number of carbonyl (C=O) groups is 1. The van der Waals surface area contributed by atoms with Gasteiger partial charge in [-0.2, -0.15) is 8.78 Å². The van der Waals surface area contributed by atoms with E-state index in [-0.39, 0.29) is 30.3 Å². The maximum absolute atomic E-state index is 13.2. The molecule has 1 N–H and O–H groups in total. The van der Waals surface area contributed by atoms with Crippen LogP contribution in [0.25, 0.3) is 0 Å². The van der Waals surface area contributed by atoms with E-state index in [0.717, 1.165) is 23.0 Å². The van der Waals surface area contributed by atoms with Gasteiger partial charge in [0.1, 0.15) is 5.69 Å². The lowest BCUT2D eigenvalue weighted by Crippen LogP contribution is -2.44.